The Kier molecular flexibility index (Phi) is 15.2. The molecule has 0 N–H and O–H groups in total. The highest BCUT2D eigenvalue weighted by Crippen LogP contribution is 2.36. The number of ether oxygens (including phenoxy) is 2. The fourth-order valence-corrected chi connectivity index (χ4v) is 3.80. The molecule has 0 saturated carbocycles. The Morgan fingerprint density at radius 3 is 2.00 bits per heavy atom. The van der Waals surface area contributed by atoms with Gasteiger partial charge in [-0.25, -0.2) is 0 Å². The Morgan fingerprint density at radius 1 is 0.812 bits per heavy atom. The van der Waals surface area contributed by atoms with Gasteiger partial charge in [0.25, 0.3) is 0 Å². The Hall–Kier alpha value is -1.65. The molecule has 0 aliphatic rings. The van der Waals surface area contributed by atoms with Crippen LogP contribution in [-0.2, 0) is 23.9 Å². The maximum absolute atomic E-state index is 13.2. The van der Waals surface area contributed by atoms with Gasteiger partial charge >= 0.3 is 11.9 Å². The number of Topliss-reactive ketones (excluding diaryl/α,β-unsaturated/α-hetero) is 1. The second-order valence-corrected chi connectivity index (χ2v) is 9.91. The third-order valence-electron chi connectivity index (χ3n) is 5.74. The van der Waals surface area contributed by atoms with Gasteiger partial charge in [0.05, 0.1) is 6.61 Å². The molecule has 0 aromatic heterocycles. The molecule has 0 radical (unpaired) electrons. The molecule has 1 unspecified atom stereocenters. The highest BCUT2D eigenvalue weighted by molar-refractivity contribution is 6.02. The molecule has 32 heavy (non-hydrogen) atoms. The van der Waals surface area contributed by atoms with Gasteiger partial charge in [0.1, 0.15) is 16.8 Å². The first-order chi connectivity index (χ1) is 15.0. The van der Waals surface area contributed by atoms with Crippen molar-refractivity contribution in [1.29, 1.82) is 0 Å². The van der Waals surface area contributed by atoms with E-state index in [2.05, 4.69) is 19.9 Å². The van der Waals surface area contributed by atoms with Crippen LogP contribution in [0.5, 0.6) is 0 Å². The average Bonchev–Trinajstić information content (AvgIpc) is 2.68. The van der Waals surface area contributed by atoms with E-state index in [9.17, 15) is 14.4 Å². The average molecular weight is 453 g/mol. The molecule has 0 bridgehead atoms. The predicted octanol–water partition coefficient (Wildman–Crippen LogP) is 7.11. The number of allylic oxidation sites excluding steroid dienone is 2. The molecule has 0 rings (SSSR count). The van der Waals surface area contributed by atoms with Gasteiger partial charge in [0, 0.05) is 6.42 Å². The Bertz CT molecular complexity index is 600. The molecule has 0 amide bonds. The van der Waals surface area contributed by atoms with Crippen molar-refractivity contribution >= 4 is 17.7 Å². The van der Waals surface area contributed by atoms with E-state index in [-0.39, 0.29) is 11.8 Å². The van der Waals surface area contributed by atoms with Crippen molar-refractivity contribution in [1.82, 2.24) is 0 Å². The molecule has 0 aromatic carbocycles. The van der Waals surface area contributed by atoms with E-state index in [0.29, 0.717) is 32.3 Å². The van der Waals surface area contributed by atoms with Crippen LogP contribution in [0.15, 0.2) is 11.6 Å². The van der Waals surface area contributed by atoms with Crippen molar-refractivity contribution in [2.75, 3.05) is 6.61 Å². The number of hydrogen-bond donors (Lipinski definition) is 0. The summed E-state index contributed by atoms with van der Waals surface area (Å²) < 4.78 is 10.7. The summed E-state index contributed by atoms with van der Waals surface area (Å²) in [6, 6.07) is 0. The first-order valence-corrected chi connectivity index (χ1v) is 12.5. The van der Waals surface area contributed by atoms with Crippen LogP contribution in [-0.4, -0.2) is 29.9 Å². The highest BCUT2D eigenvalue weighted by Gasteiger charge is 2.44. The largest absolute Gasteiger partial charge is 0.466 e. The Balaban J connectivity index is 5.07. The summed E-state index contributed by atoms with van der Waals surface area (Å²) in [6.45, 7) is 13.6. The normalized spacial score (nSPS) is 14.0. The van der Waals surface area contributed by atoms with Gasteiger partial charge in [0.15, 0.2) is 0 Å². The molecule has 186 valence electrons. The zero-order valence-electron chi connectivity index (χ0n) is 21.8. The van der Waals surface area contributed by atoms with E-state index in [1.54, 1.807) is 6.92 Å². The van der Waals surface area contributed by atoms with Gasteiger partial charge in [-0.15, -0.1) is 0 Å². The van der Waals surface area contributed by atoms with Crippen LogP contribution in [0.25, 0.3) is 0 Å². The topological polar surface area (TPSA) is 69.7 Å². The molecule has 1 atom stereocenters. The summed E-state index contributed by atoms with van der Waals surface area (Å²) in [5, 5.41) is 0. The van der Waals surface area contributed by atoms with Gasteiger partial charge in [-0.3, -0.25) is 14.4 Å². The van der Waals surface area contributed by atoms with Crippen molar-refractivity contribution in [2.45, 2.75) is 131 Å². The van der Waals surface area contributed by atoms with Crippen molar-refractivity contribution in [3.63, 3.8) is 0 Å². The number of carbonyl (C=O) groups excluding carboxylic acids is 3. The molecular formula is C27H48O5. The molecule has 0 aromatic rings. The van der Waals surface area contributed by atoms with Crippen molar-refractivity contribution in [2.24, 2.45) is 5.41 Å². The molecular weight excluding hydrogens is 404 g/mol. The van der Waals surface area contributed by atoms with Crippen molar-refractivity contribution < 1.29 is 23.9 Å². The lowest BCUT2D eigenvalue weighted by atomic mass is 9.75. The first-order valence-electron chi connectivity index (χ1n) is 12.5. The maximum Gasteiger partial charge on any atom is 0.320 e. The van der Waals surface area contributed by atoms with E-state index in [4.69, 9.17) is 9.47 Å². The standard InChI is InChI=1S/C27H48O5/c1-8-10-13-17-22(3)18-16-21-27(23(4)28,25(30)32-26(5,6)7)20-15-12-11-14-19-24(29)31-9-2/h18H,8-17,19-21H2,1-7H3/b22-18+. The number of rotatable bonds is 17. The lowest BCUT2D eigenvalue weighted by Crippen LogP contribution is -2.42. The molecule has 5 heteroatoms. The van der Waals surface area contributed by atoms with Crippen molar-refractivity contribution in [3.8, 4) is 0 Å². The number of unbranched alkanes of at least 4 members (excludes halogenated alkanes) is 5. The van der Waals surface area contributed by atoms with Gasteiger partial charge in [-0.05, 0) is 80.1 Å². The van der Waals surface area contributed by atoms with E-state index in [1.807, 2.05) is 20.8 Å². The monoisotopic (exact) mass is 452 g/mol. The Morgan fingerprint density at radius 2 is 1.44 bits per heavy atom. The summed E-state index contributed by atoms with van der Waals surface area (Å²) in [7, 11) is 0. The third kappa shape index (κ3) is 13.0. The Labute approximate surface area is 196 Å². The van der Waals surface area contributed by atoms with Gasteiger partial charge in [-0.2, -0.15) is 0 Å². The van der Waals surface area contributed by atoms with E-state index in [0.717, 1.165) is 32.1 Å². The van der Waals surface area contributed by atoms with Crippen LogP contribution in [0.2, 0.25) is 0 Å². The first kappa shape index (κ1) is 30.4. The smallest absolute Gasteiger partial charge is 0.320 e. The van der Waals surface area contributed by atoms with Crippen LogP contribution in [0.1, 0.15) is 126 Å². The molecule has 5 nitrogen and oxygen atoms in total. The second-order valence-electron chi connectivity index (χ2n) is 9.91. The van der Waals surface area contributed by atoms with Crippen LogP contribution in [0.4, 0.5) is 0 Å². The van der Waals surface area contributed by atoms with E-state index in [1.165, 1.54) is 31.8 Å². The van der Waals surface area contributed by atoms with E-state index >= 15 is 0 Å². The lowest BCUT2D eigenvalue weighted by Gasteiger charge is -2.32. The molecule has 0 spiro atoms. The second kappa shape index (κ2) is 16.0. The molecule has 0 saturated heterocycles. The zero-order chi connectivity index (χ0) is 24.6. The zero-order valence-corrected chi connectivity index (χ0v) is 21.8. The molecule has 0 aliphatic heterocycles. The number of ketones is 1. The molecule has 0 aliphatic carbocycles. The summed E-state index contributed by atoms with van der Waals surface area (Å²) in [4.78, 5) is 37.4. The summed E-state index contributed by atoms with van der Waals surface area (Å²) >= 11 is 0. The minimum atomic E-state index is -1.10. The predicted molar refractivity (Wildman–Crippen MR) is 130 cm³/mol. The minimum Gasteiger partial charge on any atom is -0.466 e. The lowest BCUT2D eigenvalue weighted by molar-refractivity contribution is -0.171. The summed E-state index contributed by atoms with van der Waals surface area (Å²) in [6.07, 6.45) is 12.2. The SMILES string of the molecule is CCCCC/C(C)=C/CCC(CCCCCCC(=O)OCC)(C(C)=O)C(=O)OC(C)(C)C. The van der Waals surface area contributed by atoms with Crippen LogP contribution >= 0.6 is 0 Å². The van der Waals surface area contributed by atoms with E-state index < -0.39 is 17.0 Å². The van der Waals surface area contributed by atoms with Gasteiger partial charge in [0.2, 0.25) is 0 Å². The minimum absolute atomic E-state index is 0.115. The van der Waals surface area contributed by atoms with Crippen LogP contribution in [0, 0.1) is 5.41 Å². The van der Waals surface area contributed by atoms with Crippen molar-refractivity contribution in [3.05, 3.63) is 11.6 Å². The van der Waals surface area contributed by atoms with Crippen LogP contribution < -0.4 is 0 Å². The third-order valence-corrected chi connectivity index (χ3v) is 5.74. The molecule has 0 fully saturated rings. The maximum atomic E-state index is 13.2. The summed E-state index contributed by atoms with van der Waals surface area (Å²) in [5.74, 6) is -0.684. The highest BCUT2D eigenvalue weighted by atomic mass is 16.6. The van der Waals surface area contributed by atoms with Gasteiger partial charge < -0.3 is 9.47 Å². The van der Waals surface area contributed by atoms with Gasteiger partial charge in [-0.1, -0.05) is 50.7 Å². The summed E-state index contributed by atoms with van der Waals surface area (Å²) in [5.41, 5.74) is -0.420. The quantitative estimate of drug-likeness (QED) is 0.102. The van der Waals surface area contributed by atoms with Crippen LogP contribution in [0.3, 0.4) is 0 Å². The fourth-order valence-electron chi connectivity index (χ4n) is 3.80. The number of esters is 2. The fraction of sp³-hybridized carbons (Fsp3) is 0.815. The number of hydrogen-bond acceptors (Lipinski definition) is 5. The number of carbonyl (C=O) groups is 3. The molecule has 0 heterocycles.